The number of piperidine rings is 1. The molecule has 0 radical (unpaired) electrons. The predicted molar refractivity (Wildman–Crippen MR) is 108 cm³/mol. The standard InChI is InChI=1S/C21H31N3O4/c1-20(2,3)28-19(25)24-6-4-21(5-7-24)14-15-12-16(22)17(13-18(15)27-21)23-8-10-26-11-9-23/h12-13H,4-11,14,22H2,1-3H3. The van der Waals surface area contributed by atoms with E-state index in [4.69, 9.17) is 19.9 Å². The number of nitrogen functional groups attached to an aromatic ring is 1. The Labute approximate surface area is 166 Å². The fraction of sp³-hybridized carbons (Fsp3) is 0.667. The zero-order chi connectivity index (χ0) is 19.9. The predicted octanol–water partition coefficient (Wildman–Crippen LogP) is 2.81. The summed E-state index contributed by atoms with van der Waals surface area (Å²) in [5.74, 6) is 0.932. The van der Waals surface area contributed by atoms with Crippen molar-refractivity contribution in [1.82, 2.24) is 4.90 Å². The number of morpholine rings is 1. The van der Waals surface area contributed by atoms with Crippen LogP contribution in [-0.2, 0) is 15.9 Å². The Morgan fingerprint density at radius 3 is 2.46 bits per heavy atom. The van der Waals surface area contributed by atoms with Crippen molar-refractivity contribution < 1.29 is 19.0 Å². The number of likely N-dealkylation sites (tertiary alicyclic amines) is 1. The van der Waals surface area contributed by atoms with Gasteiger partial charge >= 0.3 is 6.09 Å². The van der Waals surface area contributed by atoms with Gasteiger partial charge < -0.3 is 29.7 Å². The summed E-state index contributed by atoms with van der Waals surface area (Å²) in [6, 6.07) is 4.15. The first-order chi connectivity index (χ1) is 13.2. The number of amides is 1. The van der Waals surface area contributed by atoms with E-state index in [1.54, 1.807) is 4.90 Å². The van der Waals surface area contributed by atoms with Crippen molar-refractivity contribution in [3.63, 3.8) is 0 Å². The van der Waals surface area contributed by atoms with Gasteiger partial charge in [-0.1, -0.05) is 0 Å². The highest BCUT2D eigenvalue weighted by Crippen LogP contribution is 2.44. The maximum Gasteiger partial charge on any atom is 0.410 e. The Bertz CT molecular complexity index is 745. The molecule has 2 N–H and O–H groups in total. The lowest BCUT2D eigenvalue weighted by atomic mass is 9.87. The van der Waals surface area contributed by atoms with Crippen LogP contribution in [0, 0.1) is 0 Å². The van der Waals surface area contributed by atoms with Crippen LogP contribution in [0.2, 0.25) is 0 Å². The molecular formula is C21H31N3O4. The molecule has 0 aliphatic carbocycles. The van der Waals surface area contributed by atoms with E-state index in [1.165, 1.54) is 5.56 Å². The van der Waals surface area contributed by atoms with E-state index in [2.05, 4.69) is 17.0 Å². The van der Waals surface area contributed by atoms with Gasteiger partial charge in [0.1, 0.15) is 17.0 Å². The summed E-state index contributed by atoms with van der Waals surface area (Å²) in [5, 5.41) is 0. The molecule has 7 heteroatoms. The van der Waals surface area contributed by atoms with Gasteiger partial charge in [0.15, 0.2) is 0 Å². The van der Waals surface area contributed by atoms with Crippen LogP contribution in [0.5, 0.6) is 5.75 Å². The van der Waals surface area contributed by atoms with Gasteiger partial charge in [0.25, 0.3) is 0 Å². The number of benzene rings is 1. The fourth-order valence-electron chi connectivity index (χ4n) is 4.26. The van der Waals surface area contributed by atoms with E-state index in [9.17, 15) is 4.79 Å². The van der Waals surface area contributed by atoms with Crippen LogP contribution >= 0.6 is 0 Å². The topological polar surface area (TPSA) is 77.3 Å². The number of nitrogens with zero attached hydrogens (tertiary/aromatic N) is 2. The zero-order valence-electron chi connectivity index (χ0n) is 17.1. The second kappa shape index (κ2) is 7.03. The summed E-state index contributed by atoms with van der Waals surface area (Å²) >= 11 is 0. The minimum Gasteiger partial charge on any atom is -0.486 e. The lowest BCUT2D eigenvalue weighted by molar-refractivity contribution is -0.00887. The molecule has 28 heavy (non-hydrogen) atoms. The summed E-state index contributed by atoms with van der Waals surface area (Å²) in [6.45, 7) is 10.1. The second-order valence-corrected chi connectivity index (χ2v) is 9.05. The first kappa shape index (κ1) is 19.2. The lowest BCUT2D eigenvalue weighted by Crippen LogP contribution is -2.50. The summed E-state index contributed by atoms with van der Waals surface area (Å²) < 4.78 is 17.4. The molecule has 154 valence electrons. The molecule has 0 bridgehead atoms. The van der Waals surface area contributed by atoms with Gasteiger partial charge in [0.2, 0.25) is 0 Å². The number of hydrogen-bond acceptors (Lipinski definition) is 6. The van der Waals surface area contributed by atoms with Crippen LogP contribution in [-0.4, -0.2) is 61.6 Å². The van der Waals surface area contributed by atoms with E-state index in [0.717, 1.165) is 62.7 Å². The summed E-state index contributed by atoms with van der Waals surface area (Å²) in [4.78, 5) is 16.4. The largest absolute Gasteiger partial charge is 0.486 e. The van der Waals surface area contributed by atoms with Crippen molar-refractivity contribution in [2.24, 2.45) is 0 Å². The number of nitrogens with two attached hydrogens (primary N) is 1. The van der Waals surface area contributed by atoms with Crippen LogP contribution in [0.15, 0.2) is 12.1 Å². The first-order valence-corrected chi connectivity index (χ1v) is 10.2. The van der Waals surface area contributed by atoms with E-state index in [-0.39, 0.29) is 11.7 Å². The first-order valence-electron chi connectivity index (χ1n) is 10.2. The Morgan fingerprint density at radius 1 is 1.14 bits per heavy atom. The zero-order valence-corrected chi connectivity index (χ0v) is 17.1. The summed E-state index contributed by atoms with van der Waals surface area (Å²) in [6.07, 6.45) is 2.20. The molecule has 7 nitrogen and oxygen atoms in total. The molecule has 0 saturated carbocycles. The maximum absolute atomic E-state index is 12.3. The van der Waals surface area contributed by atoms with Gasteiger partial charge in [-0.15, -0.1) is 0 Å². The van der Waals surface area contributed by atoms with Crippen LogP contribution in [0.1, 0.15) is 39.2 Å². The molecule has 1 aromatic carbocycles. The van der Waals surface area contributed by atoms with E-state index >= 15 is 0 Å². The number of fused-ring (bicyclic) bond motifs is 1. The fourth-order valence-corrected chi connectivity index (χ4v) is 4.26. The molecule has 0 atom stereocenters. The third kappa shape index (κ3) is 3.85. The number of carbonyl (C=O) groups excluding carboxylic acids is 1. The molecule has 2 saturated heterocycles. The van der Waals surface area contributed by atoms with Gasteiger partial charge in [-0.05, 0) is 26.8 Å². The van der Waals surface area contributed by atoms with Crippen molar-refractivity contribution in [3.8, 4) is 5.75 Å². The third-order valence-electron chi connectivity index (χ3n) is 5.73. The number of ether oxygens (including phenoxy) is 3. The lowest BCUT2D eigenvalue weighted by Gasteiger charge is -2.39. The molecule has 0 aromatic heterocycles. The molecule has 1 spiro atoms. The van der Waals surface area contributed by atoms with Crippen LogP contribution in [0.3, 0.4) is 0 Å². The van der Waals surface area contributed by atoms with Crippen molar-refractivity contribution in [3.05, 3.63) is 17.7 Å². The summed E-state index contributed by atoms with van der Waals surface area (Å²) in [7, 11) is 0. The average Bonchev–Trinajstić information content (AvgIpc) is 2.97. The molecule has 1 amide bonds. The molecule has 0 unspecified atom stereocenters. The van der Waals surface area contributed by atoms with E-state index in [1.807, 2.05) is 20.8 Å². The van der Waals surface area contributed by atoms with Crippen molar-refractivity contribution in [2.75, 3.05) is 50.0 Å². The van der Waals surface area contributed by atoms with Gasteiger partial charge in [0.05, 0.1) is 24.6 Å². The Balaban J connectivity index is 1.43. The molecule has 3 aliphatic rings. The van der Waals surface area contributed by atoms with E-state index in [0.29, 0.717) is 13.1 Å². The Morgan fingerprint density at radius 2 is 1.82 bits per heavy atom. The molecular weight excluding hydrogens is 358 g/mol. The van der Waals surface area contributed by atoms with Crippen molar-refractivity contribution >= 4 is 17.5 Å². The quantitative estimate of drug-likeness (QED) is 0.745. The second-order valence-electron chi connectivity index (χ2n) is 9.05. The van der Waals surface area contributed by atoms with Crippen LogP contribution < -0.4 is 15.4 Å². The van der Waals surface area contributed by atoms with E-state index < -0.39 is 5.60 Å². The summed E-state index contributed by atoms with van der Waals surface area (Å²) in [5.41, 5.74) is 8.64. The van der Waals surface area contributed by atoms with Crippen molar-refractivity contribution in [2.45, 2.75) is 51.2 Å². The van der Waals surface area contributed by atoms with Crippen molar-refractivity contribution in [1.29, 1.82) is 0 Å². The minimum absolute atomic E-state index is 0.239. The normalized spacial score (nSPS) is 21.4. The van der Waals surface area contributed by atoms with Crippen LogP contribution in [0.4, 0.5) is 16.2 Å². The molecule has 1 aromatic rings. The number of anilines is 2. The van der Waals surface area contributed by atoms with Crippen LogP contribution in [0.25, 0.3) is 0 Å². The molecule has 3 heterocycles. The Kier molecular flexibility index (Phi) is 4.81. The average molecular weight is 389 g/mol. The third-order valence-corrected chi connectivity index (χ3v) is 5.73. The highest BCUT2D eigenvalue weighted by atomic mass is 16.6. The number of rotatable bonds is 1. The minimum atomic E-state index is -0.472. The number of hydrogen-bond donors (Lipinski definition) is 1. The van der Waals surface area contributed by atoms with Gasteiger partial charge in [-0.25, -0.2) is 4.79 Å². The Hall–Kier alpha value is -2.15. The van der Waals surface area contributed by atoms with Gasteiger partial charge in [0, 0.05) is 57.1 Å². The number of carbonyl (C=O) groups is 1. The molecule has 4 rings (SSSR count). The van der Waals surface area contributed by atoms with Gasteiger partial charge in [-0.3, -0.25) is 0 Å². The highest BCUT2D eigenvalue weighted by Gasteiger charge is 2.43. The SMILES string of the molecule is CC(C)(C)OC(=O)N1CCC2(CC1)Cc1cc(N)c(N3CCOCC3)cc1O2. The smallest absolute Gasteiger partial charge is 0.410 e. The molecule has 2 fully saturated rings. The monoisotopic (exact) mass is 389 g/mol. The molecule has 3 aliphatic heterocycles. The van der Waals surface area contributed by atoms with Gasteiger partial charge in [-0.2, -0.15) is 0 Å². The highest BCUT2D eigenvalue weighted by molar-refractivity contribution is 5.72. The maximum atomic E-state index is 12.3.